The number of aromatic nitrogens is 3. The third-order valence-electron chi connectivity index (χ3n) is 4.69. The van der Waals surface area contributed by atoms with Gasteiger partial charge in [0, 0.05) is 23.8 Å². The van der Waals surface area contributed by atoms with Crippen molar-refractivity contribution >= 4 is 40.3 Å². The number of hydrogen-bond donors (Lipinski definition) is 3. The molecular formula is C25H23N5O. The largest absolute Gasteiger partial charge is 0.355 e. The molecular weight excluding hydrogens is 386 g/mol. The van der Waals surface area contributed by atoms with E-state index < -0.39 is 0 Å². The number of carbonyl (C=O) groups excluding carboxylic acids is 1. The van der Waals surface area contributed by atoms with E-state index >= 15 is 0 Å². The van der Waals surface area contributed by atoms with Crippen molar-refractivity contribution in [2.75, 3.05) is 11.9 Å². The maximum absolute atomic E-state index is 12.5. The number of nitrogens with one attached hydrogen (secondary N) is 3. The number of aromatic amines is 1. The molecule has 6 nitrogen and oxygen atoms in total. The van der Waals surface area contributed by atoms with Crippen molar-refractivity contribution in [1.29, 1.82) is 0 Å². The van der Waals surface area contributed by atoms with Gasteiger partial charge in [-0.1, -0.05) is 30.4 Å². The summed E-state index contributed by atoms with van der Waals surface area (Å²) in [5.41, 5.74) is 5.68. The van der Waals surface area contributed by atoms with Crippen LogP contribution < -0.4 is 10.6 Å². The molecule has 0 atom stereocenters. The maximum atomic E-state index is 12.5. The van der Waals surface area contributed by atoms with Crippen molar-refractivity contribution in [1.82, 2.24) is 20.5 Å². The van der Waals surface area contributed by atoms with Crippen LogP contribution in [0, 0.1) is 0 Å². The number of anilines is 2. The molecule has 0 bridgehead atoms. The number of pyridine rings is 1. The van der Waals surface area contributed by atoms with E-state index in [4.69, 9.17) is 0 Å². The molecule has 0 aliphatic carbocycles. The predicted molar refractivity (Wildman–Crippen MR) is 126 cm³/mol. The first kappa shape index (κ1) is 20.1. The molecule has 0 aliphatic rings. The van der Waals surface area contributed by atoms with Crippen molar-refractivity contribution in [3.8, 4) is 0 Å². The van der Waals surface area contributed by atoms with Crippen LogP contribution in [0.4, 0.5) is 11.4 Å². The Morgan fingerprint density at radius 3 is 2.74 bits per heavy atom. The first-order chi connectivity index (χ1) is 15.1. The lowest BCUT2D eigenvalue weighted by atomic mass is 10.1. The van der Waals surface area contributed by atoms with Crippen LogP contribution in [0.5, 0.6) is 0 Å². The van der Waals surface area contributed by atoms with E-state index in [1.165, 1.54) is 0 Å². The van der Waals surface area contributed by atoms with Crippen LogP contribution in [0.3, 0.4) is 0 Å². The van der Waals surface area contributed by atoms with Crippen LogP contribution in [0.2, 0.25) is 0 Å². The van der Waals surface area contributed by atoms with E-state index in [-0.39, 0.29) is 5.91 Å². The van der Waals surface area contributed by atoms with Gasteiger partial charge in [0.1, 0.15) is 0 Å². The lowest BCUT2D eigenvalue weighted by Gasteiger charge is -2.12. The molecule has 0 spiro atoms. The van der Waals surface area contributed by atoms with Gasteiger partial charge in [-0.2, -0.15) is 5.10 Å². The van der Waals surface area contributed by atoms with Crippen molar-refractivity contribution in [2.24, 2.45) is 0 Å². The number of carbonyl (C=O) groups is 1. The molecule has 4 rings (SSSR count). The van der Waals surface area contributed by atoms with Gasteiger partial charge in [-0.15, -0.1) is 0 Å². The molecule has 4 aromatic rings. The molecule has 0 radical (unpaired) electrons. The standard InChI is InChI=1S/C25H23N5O/c1-17(2)16-27-25(31)21-8-3-4-9-22(21)28-19-10-12-20-23(29-30-24(20)15-19)13-11-18-7-5-6-14-26-18/h3-15,28H,1,16H2,2H3,(H,27,31)(H,29,30). The number of nitrogens with zero attached hydrogens (tertiary/aromatic N) is 2. The summed E-state index contributed by atoms with van der Waals surface area (Å²) in [6.45, 7) is 6.15. The zero-order valence-corrected chi connectivity index (χ0v) is 17.2. The Morgan fingerprint density at radius 2 is 1.94 bits per heavy atom. The molecule has 6 heteroatoms. The second-order valence-electron chi connectivity index (χ2n) is 7.27. The van der Waals surface area contributed by atoms with Gasteiger partial charge in [-0.05, 0) is 61.5 Å². The first-order valence-electron chi connectivity index (χ1n) is 9.96. The highest BCUT2D eigenvalue weighted by atomic mass is 16.1. The van der Waals surface area contributed by atoms with Crippen LogP contribution in [-0.2, 0) is 0 Å². The van der Waals surface area contributed by atoms with E-state index in [2.05, 4.69) is 32.4 Å². The zero-order chi connectivity index (χ0) is 21.6. The van der Waals surface area contributed by atoms with Crippen LogP contribution in [0.15, 0.2) is 79.0 Å². The summed E-state index contributed by atoms with van der Waals surface area (Å²) in [7, 11) is 0. The highest BCUT2D eigenvalue weighted by Gasteiger charge is 2.11. The van der Waals surface area contributed by atoms with Gasteiger partial charge in [0.25, 0.3) is 5.91 Å². The molecule has 0 saturated carbocycles. The Morgan fingerprint density at radius 1 is 1.10 bits per heavy atom. The van der Waals surface area contributed by atoms with Gasteiger partial charge in [0.15, 0.2) is 0 Å². The fourth-order valence-electron chi connectivity index (χ4n) is 3.16. The average molecular weight is 409 g/mol. The van der Waals surface area contributed by atoms with E-state index in [9.17, 15) is 4.79 Å². The topological polar surface area (TPSA) is 82.7 Å². The first-order valence-corrected chi connectivity index (χ1v) is 9.96. The van der Waals surface area contributed by atoms with E-state index in [0.29, 0.717) is 12.1 Å². The minimum Gasteiger partial charge on any atom is -0.355 e. The van der Waals surface area contributed by atoms with Crippen LogP contribution in [0.1, 0.15) is 28.7 Å². The number of H-pyrrole nitrogens is 1. The van der Waals surface area contributed by atoms with Crippen molar-refractivity contribution in [3.05, 3.63) is 96.0 Å². The van der Waals surface area contributed by atoms with Crippen LogP contribution in [0.25, 0.3) is 23.1 Å². The molecule has 0 fully saturated rings. The molecule has 2 aromatic heterocycles. The fourth-order valence-corrected chi connectivity index (χ4v) is 3.16. The van der Waals surface area contributed by atoms with E-state index in [0.717, 1.165) is 39.2 Å². The quantitative estimate of drug-likeness (QED) is 0.367. The summed E-state index contributed by atoms with van der Waals surface area (Å²) in [6.07, 6.45) is 5.63. The molecule has 1 amide bonds. The summed E-state index contributed by atoms with van der Waals surface area (Å²) in [5.74, 6) is -0.143. The Balaban J connectivity index is 1.55. The Kier molecular flexibility index (Phi) is 5.89. The van der Waals surface area contributed by atoms with Gasteiger partial charge in [0.2, 0.25) is 0 Å². The zero-order valence-electron chi connectivity index (χ0n) is 17.2. The monoisotopic (exact) mass is 409 g/mol. The number of fused-ring (bicyclic) bond motifs is 1. The van der Waals surface area contributed by atoms with Gasteiger partial charge in [0.05, 0.1) is 28.2 Å². The SMILES string of the molecule is C=C(C)CNC(=O)c1ccccc1Nc1ccc2c(C=Cc3ccccn3)n[nH]c2c1. The van der Waals surface area contributed by atoms with Gasteiger partial charge >= 0.3 is 0 Å². The summed E-state index contributed by atoms with van der Waals surface area (Å²) >= 11 is 0. The fraction of sp³-hybridized carbons (Fsp3) is 0.0800. The predicted octanol–water partition coefficient (Wildman–Crippen LogP) is 5.18. The second kappa shape index (κ2) is 9.09. The van der Waals surface area contributed by atoms with Crippen molar-refractivity contribution in [2.45, 2.75) is 6.92 Å². The minimum atomic E-state index is -0.143. The van der Waals surface area contributed by atoms with Gasteiger partial charge < -0.3 is 10.6 Å². The number of benzene rings is 2. The third-order valence-corrected chi connectivity index (χ3v) is 4.69. The van der Waals surface area contributed by atoms with Crippen molar-refractivity contribution < 1.29 is 4.79 Å². The third kappa shape index (κ3) is 4.87. The van der Waals surface area contributed by atoms with Crippen molar-refractivity contribution in [3.63, 3.8) is 0 Å². The molecule has 0 unspecified atom stereocenters. The Labute approximate surface area is 180 Å². The maximum Gasteiger partial charge on any atom is 0.253 e. The normalized spacial score (nSPS) is 11.0. The molecule has 2 heterocycles. The molecule has 3 N–H and O–H groups in total. The average Bonchev–Trinajstić information content (AvgIpc) is 3.19. The second-order valence-corrected chi connectivity index (χ2v) is 7.27. The molecule has 0 aliphatic heterocycles. The van der Waals surface area contributed by atoms with E-state index in [1.807, 2.05) is 73.7 Å². The Hall–Kier alpha value is -4.19. The summed E-state index contributed by atoms with van der Waals surface area (Å²) in [5, 5.41) is 14.7. The highest BCUT2D eigenvalue weighted by Crippen LogP contribution is 2.26. The smallest absolute Gasteiger partial charge is 0.253 e. The number of amides is 1. The molecule has 2 aromatic carbocycles. The minimum absolute atomic E-state index is 0.143. The molecule has 31 heavy (non-hydrogen) atoms. The lowest BCUT2D eigenvalue weighted by molar-refractivity contribution is 0.0958. The van der Waals surface area contributed by atoms with Gasteiger partial charge in [-0.3, -0.25) is 14.9 Å². The number of para-hydroxylation sites is 1. The Bertz CT molecular complexity index is 1260. The van der Waals surface area contributed by atoms with Gasteiger partial charge in [-0.25, -0.2) is 0 Å². The molecule has 0 saturated heterocycles. The summed E-state index contributed by atoms with van der Waals surface area (Å²) in [4.78, 5) is 16.8. The summed E-state index contributed by atoms with van der Waals surface area (Å²) in [6, 6.07) is 19.1. The number of rotatable bonds is 7. The van der Waals surface area contributed by atoms with Crippen LogP contribution in [-0.4, -0.2) is 27.6 Å². The van der Waals surface area contributed by atoms with Crippen LogP contribution >= 0.6 is 0 Å². The summed E-state index contributed by atoms with van der Waals surface area (Å²) < 4.78 is 0. The lowest BCUT2D eigenvalue weighted by Crippen LogP contribution is -2.25. The highest BCUT2D eigenvalue weighted by molar-refractivity contribution is 6.00. The number of hydrogen-bond acceptors (Lipinski definition) is 4. The van der Waals surface area contributed by atoms with E-state index in [1.54, 1.807) is 12.3 Å². The molecule has 154 valence electrons.